The lowest BCUT2D eigenvalue weighted by molar-refractivity contribution is 0.0540. The number of rotatable bonds is 7. The molecule has 0 radical (unpaired) electrons. The number of hydrogen-bond acceptors (Lipinski definition) is 10. The number of amides is 1. The largest absolute Gasteiger partial charge is 0.477 e. The molecule has 15 heteroatoms. The summed E-state index contributed by atoms with van der Waals surface area (Å²) in [4.78, 5) is 45.8. The number of piperazine rings is 1. The van der Waals surface area contributed by atoms with E-state index in [1.807, 2.05) is 4.90 Å². The SMILES string of the molecule is CO[C@H]1CN(c2nc(-c3cnc(N4CCN[C@H](C)C4)cn3)c(C(=O)O)s2)CC[C@H]1NC(=O)c1[nH]c(C)c(Cl)c1Cl. The van der Waals surface area contributed by atoms with Crippen LogP contribution in [0.2, 0.25) is 10.0 Å². The minimum Gasteiger partial charge on any atom is -0.477 e. The van der Waals surface area contributed by atoms with Crippen molar-refractivity contribution in [2.45, 2.75) is 38.5 Å². The smallest absolute Gasteiger partial charge is 0.348 e. The van der Waals surface area contributed by atoms with Gasteiger partial charge in [-0.25, -0.2) is 19.7 Å². The Kier molecular flexibility index (Phi) is 8.47. The van der Waals surface area contributed by atoms with E-state index in [2.05, 4.69) is 42.4 Å². The molecule has 3 atom stereocenters. The number of thiazole rings is 1. The Labute approximate surface area is 245 Å². The summed E-state index contributed by atoms with van der Waals surface area (Å²) in [5, 5.41) is 17.3. The third-order valence-electron chi connectivity index (χ3n) is 7.11. The van der Waals surface area contributed by atoms with Crippen LogP contribution in [0.3, 0.4) is 0 Å². The molecule has 5 heterocycles. The van der Waals surface area contributed by atoms with Gasteiger partial charge in [-0.05, 0) is 20.3 Å². The number of H-pyrrole nitrogens is 1. The zero-order valence-electron chi connectivity index (χ0n) is 22.2. The van der Waals surface area contributed by atoms with Gasteiger partial charge in [-0.3, -0.25) is 4.79 Å². The van der Waals surface area contributed by atoms with Gasteiger partial charge in [0.2, 0.25) is 0 Å². The quantitative estimate of drug-likeness (QED) is 0.315. The van der Waals surface area contributed by atoms with Crippen molar-refractivity contribution in [3.05, 3.63) is 38.7 Å². The van der Waals surface area contributed by atoms with Crippen LogP contribution in [0.25, 0.3) is 11.4 Å². The number of ether oxygens (including phenoxy) is 1. The number of carboxylic acids is 1. The normalized spacial score (nSPS) is 21.5. The maximum Gasteiger partial charge on any atom is 0.348 e. The lowest BCUT2D eigenvalue weighted by atomic mass is 10.0. The van der Waals surface area contributed by atoms with E-state index in [-0.39, 0.29) is 39.3 Å². The second-order valence-corrected chi connectivity index (χ2v) is 11.6. The van der Waals surface area contributed by atoms with E-state index in [1.165, 1.54) is 0 Å². The van der Waals surface area contributed by atoms with E-state index in [1.54, 1.807) is 26.4 Å². The Morgan fingerprint density at radius 3 is 2.60 bits per heavy atom. The number of aromatic carboxylic acids is 1. The first kappa shape index (κ1) is 28.6. The number of hydrogen-bond donors (Lipinski definition) is 4. The van der Waals surface area contributed by atoms with E-state index in [9.17, 15) is 14.7 Å². The molecule has 4 N–H and O–H groups in total. The Bertz CT molecular complexity index is 1400. The van der Waals surface area contributed by atoms with Crippen molar-refractivity contribution >= 4 is 57.4 Å². The van der Waals surface area contributed by atoms with Gasteiger partial charge in [0.1, 0.15) is 27.8 Å². The first-order valence-electron chi connectivity index (χ1n) is 12.8. The lowest BCUT2D eigenvalue weighted by Gasteiger charge is -2.37. The number of carbonyl (C=O) groups excluding carboxylic acids is 1. The number of aromatic amines is 1. The lowest BCUT2D eigenvalue weighted by Crippen LogP contribution is -2.55. The molecule has 1 amide bonds. The van der Waals surface area contributed by atoms with Crippen molar-refractivity contribution in [1.82, 2.24) is 30.6 Å². The molecule has 0 aliphatic carbocycles. The van der Waals surface area contributed by atoms with Crippen molar-refractivity contribution in [1.29, 1.82) is 0 Å². The topological polar surface area (TPSA) is 149 Å². The molecule has 214 valence electrons. The first-order chi connectivity index (χ1) is 19.2. The number of carbonyl (C=O) groups is 2. The second kappa shape index (κ2) is 11.9. The summed E-state index contributed by atoms with van der Waals surface area (Å²) in [7, 11) is 1.57. The highest BCUT2D eigenvalue weighted by atomic mass is 35.5. The van der Waals surface area contributed by atoms with Gasteiger partial charge in [0, 0.05) is 51.6 Å². The summed E-state index contributed by atoms with van der Waals surface area (Å²) in [6.07, 6.45) is 3.42. The van der Waals surface area contributed by atoms with Gasteiger partial charge in [0.25, 0.3) is 5.91 Å². The van der Waals surface area contributed by atoms with Gasteiger partial charge in [0.15, 0.2) is 5.13 Å². The Balaban J connectivity index is 1.31. The molecule has 0 aromatic carbocycles. The zero-order valence-corrected chi connectivity index (χ0v) is 24.5. The van der Waals surface area contributed by atoms with E-state index >= 15 is 0 Å². The molecule has 0 unspecified atom stereocenters. The molecule has 3 aromatic heterocycles. The summed E-state index contributed by atoms with van der Waals surface area (Å²) in [5.41, 5.74) is 1.49. The van der Waals surface area contributed by atoms with E-state index in [0.717, 1.165) is 36.8 Å². The Morgan fingerprint density at radius 2 is 1.98 bits per heavy atom. The number of aromatic nitrogens is 4. The monoisotopic (exact) mass is 608 g/mol. The molecule has 0 bridgehead atoms. The fourth-order valence-electron chi connectivity index (χ4n) is 4.97. The van der Waals surface area contributed by atoms with Crippen LogP contribution in [0.15, 0.2) is 12.4 Å². The molecule has 5 rings (SSSR count). The Hall–Kier alpha value is -2.97. The summed E-state index contributed by atoms with van der Waals surface area (Å²) in [5.74, 6) is -0.708. The maximum absolute atomic E-state index is 12.9. The van der Waals surface area contributed by atoms with Crippen LogP contribution in [0, 0.1) is 6.92 Å². The van der Waals surface area contributed by atoms with Gasteiger partial charge in [0.05, 0.1) is 34.6 Å². The summed E-state index contributed by atoms with van der Waals surface area (Å²) >= 11 is 13.4. The van der Waals surface area contributed by atoms with Crippen LogP contribution in [-0.4, -0.2) is 94.9 Å². The highest BCUT2D eigenvalue weighted by Crippen LogP contribution is 2.34. The summed E-state index contributed by atoms with van der Waals surface area (Å²) in [6.45, 7) is 7.28. The third kappa shape index (κ3) is 5.75. The number of methoxy groups -OCH3 is 1. The van der Waals surface area contributed by atoms with Crippen LogP contribution in [0.1, 0.15) is 39.2 Å². The van der Waals surface area contributed by atoms with Crippen LogP contribution in [-0.2, 0) is 4.74 Å². The van der Waals surface area contributed by atoms with Crippen LogP contribution in [0.4, 0.5) is 10.9 Å². The number of halogens is 2. The summed E-state index contributed by atoms with van der Waals surface area (Å²) < 4.78 is 5.70. The van der Waals surface area contributed by atoms with Crippen molar-refractivity contribution in [3.63, 3.8) is 0 Å². The number of carboxylic acid groups (broad SMARTS) is 1. The highest BCUT2D eigenvalue weighted by Gasteiger charge is 2.34. The molecular formula is C25H30Cl2N8O4S. The Morgan fingerprint density at radius 1 is 1.18 bits per heavy atom. The van der Waals surface area contributed by atoms with Crippen LogP contribution < -0.4 is 20.4 Å². The number of nitrogens with one attached hydrogen (secondary N) is 3. The highest BCUT2D eigenvalue weighted by molar-refractivity contribution is 7.17. The molecule has 3 aromatic rings. The molecule has 2 aliphatic heterocycles. The molecule has 0 saturated carbocycles. The molecular weight excluding hydrogens is 579 g/mol. The minimum atomic E-state index is -1.08. The van der Waals surface area contributed by atoms with Crippen molar-refractivity contribution in [2.75, 3.05) is 49.6 Å². The van der Waals surface area contributed by atoms with E-state index < -0.39 is 5.97 Å². The van der Waals surface area contributed by atoms with Crippen molar-refractivity contribution < 1.29 is 19.4 Å². The van der Waals surface area contributed by atoms with Crippen molar-refractivity contribution in [2.24, 2.45) is 0 Å². The molecule has 12 nitrogen and oxygen atoms in total. The minimum absolute atomic E-state index is 0.0888. The molecule has 0 spiro atoms. The van der Waals surface area contributed by atoms with Crippen molar-refractivity contribution in [3.8, 4) is 11.4 Å². The fraction of sp³-hybridized carbons (Fsp3) is 0.480. The van der Waals surface area contributed by atoms with Gasteiger partial charge < -0.3 is 35.3 Å². The van der Waals surface area contributed by atoms with Gasteiger partial charge in [-0.1, -0.05) is 34.5 Å². The van der Waals surface area contributed by atoms with Gasteiger partial charge >= 0.3 is 5.97 Å². The predicted octanol–water partition coefficient (Wildman–Crippen LogP) is 3.06. The molecule has 2 saturated heterocycles. The number of aryl methyl sites for hydroxylation is 1. The van der Waals surface area contributed by atoms with E-state index in [4.69, 9.17) is 27.9 Å². The average Bonchev–Trinajstić information content (AvgIpc) is 3.51. The van der Waals surface area contributed by atoms with Crippen LogP contribution >= 0.6 is 34.5 Å². The number of nitrogens with zero attached hydrogens (tertiary/aromatic N) is 5. The third-order valence-corrected chi connectivity index (χ3v) is 9.16. The fourth-order valence-corrected chi connectivity index (χ4v) is 6.34. The standard InChI is InChI=1S/C25H30Cl2N8O4S/c1-12-10-34(7-5-28-12)17-9-29-15(8-30-17)20-22(24(37)38)40-25(33-20)35-6-4-14(16(11-35)39-3)32-23(36)21-19(27)18(26)13(2)31-21/h8-9,12,14,16,28,31H,4-7,10-11H2,1-3H3,(H,32,36)(H,37,38)/t12-,14-,16+/m1/s1. The second-order valence-electron chi connectivity index (χ2n) is 9.88. The van der Waals surface area contributed by atoms with Gasteiger partial charge in [-0.15, -0.1) is 0 Å². The summed E-state index contributed by atoms with van der Waals surface area (Å²) in [6, 6.07) is 0.0500. The number of anilines is 2. The average molecular weight is 610 g/mol. The van der Waals surface area contributed by atoms with Crippen LogP contribution in [0.5, 0.6) is 0 Å². The molecule has 2 aliphatic rings. The predicted molar refractivity (Wildman–Crippen MR) is 154 cm³/mol. The molecule has 2 fully saturated rings. The maximum atomic E-state index is 12.9. The zero-order chi connectivity index (χ0) is 28.6. The first-order valence-corrected chi connectivity index (χ1v) is 14.4. The molecule has 40 heavy (non-hydrogen) atoms. The van der Waals surface area contributed by atoms with Gasteiger partial charge in [-0.2, -0.15) is 0 Å². The van der Waals surface area contributed by atoms with E-state index in [0.29, 0.717) is 47.1 Å². The number of piperidine rings is 1.